The third-order valence-electron chi connectivity index (χ3n) is 3.14. The number of benzene rings is 1. The molecule has 1 fully saturated rings. The van der Waals surface area contributed by atoms with Crippen LogP contribution >= 0.6 is 11.6 Å². The molecule has 0 bridgehead atoms. The molecule has 0 spiro atoms. The van der Waals surface area contributed by atoms with Crippen LogP contribution in [0, 0.1) is 5.82 Å². The Hall–Kier alpha value is -0.680. The van der Waals surface area contributed by atoms with E-state index in [1.165, 1.54) is 6.07 Å². The van der Waals surface area contributed by atoms with Crippen LogP contribution in [-0.2, 0) is 4.74 Å². The zero-order valence-corrected chi connectivity index (χ0v) is 10.8. The number of hydrogen-bond acceptors (Lipinski definition) is 3. The molecule has 1 aliphatic rings. The molecule has 2 unspecified atom stereocenters. The van der Waals surface area contributed by atoms with Crippen molar-refractivity contribution in [2.24, 2.45) is 0 Å². The van der Waals surface area contributed by atoms with Crippen molar-refractivity contribution in [1.82, 2.24) is 5.32 Å². The molecule has 2 N–H and O–H groups in total. The first kappa shape index (κ1) is 13.7. The fraction of sp³-hybridized carbons (Fsp3) is 0.538. The summed E-state index contributed by atoms with van der Waals surface area (Å²) in [6, 6.07) is 4.05. The van der Waals surface area contributed by atoms with Crippen molar-refractivity contribution in [3.05, 3.63) is 34.6 Å². The van der Waals surface area contributed by atoms with Gasteiger partial charge in [-0.05, 0) is 25.0 Å². The molecular formula is C13H17ClFNO2. The predicted octanol–water partition coefficient (Wildman–Crippen LogP) is 2.28. The summed E-state index contributed by atoms with van der Waals surface area (Å²) in [6.45, 7) is 1.24. The maximum absolute atomic E-state index is 13.7. The van der Waals surface area contributed by atoms with Crippen molar-refractivity contribution in [2.45, 2.75) is 25.0 Å². The highest BCUT2D eigenvalue weighted by atomic mass is 35.5. The smallest absolute Gasteiger partial charge is 0.129 e. The molecule has 1 heterocycles. The van der Waals surface area contributed by atoms with E-state index in [4.69, 9.17) is 16.3 Å². The van der Waals surface area contributed by atoms with Crippen molar-refractivity contribution in [2.75, 3.05) is 19.8 Å². The van der Waals surface area contributed by atoms with Crippen molar-refractivity contribution < 1.29 is 14.2 Å². The maximum Gasteiger partial charge on any atom is 0.129 e. The molecule has 1 aliphatic heterocycles. The first-order chi connectivity index (χ1) is 8.70. The molecule has 2 rings (SSSR count). The minimum Gasteiger partial charge on any atom is -0.394 e. The van der Waals surface area contributed by atoms with E-state index in [0.717, 1.165) is 19.4 Å². The minimum atomic E-state index is -0.425. The van der Waals surface area contributed by atoms with Gasteiger partial charge in [0.15, 0.2) is 0 Å². The Kier molecular flexibility index (Phi) is 4.95. The summed E-state index contributed by atoms with van der Waals surface area (Å²) in [6.07, 6.45) is 2.23. The van der Waals surface area contributed by atoms with Crippen molar-refractivity contribution in [1.29, 1.82) is 0 Å². The van der Waals surface area contributed by atoms with Gasteiger partial charge in [-0.25, -0.2) is 4.39 Å². The molecule has 0 aliphatic carbocycles. The molecule has 1 saturated heterocycles. The summed E-state index contributed by atoms with van der Waals surface area (Å²) >= 11 is 5.70. The van der Waals surface area contributed by atoms with Gasteiger partial charge in [0.2, 0.25) is 0 Å². The number of nitrogens with one attached hydrogen (secondary N) is 1. The summed E-state index contributed by atoms with van der Waals surface area (Å²) in [7, 11) is 0. The number of aliphatic hydroxyl groups is 1. The number of aliphatic hydroxyl groups excluding tert-OH is 1. The molecule has 0 radical (unpaired) electrons. The van der Waals surface area contributed by atoms with E-state index in [-0.39, 0.29) is 12.7 Å². The van der Waals surface area contributed by atoms with Gasteiger partial charge in [0.05, 0.1) is 18.8 Å². The highest BCUT2D eigenvalue weighted by Crippen LogP contribution is 2.21. The zero-order chi connectivity index (χ0) is 13.0. The Labute approximate surface area is 111 Å². The van der Waals surface area contributed by atoms with Crippen LogP contribution in [-0.4, -0.2) is 31.0 Å². The van der Waals surface area contributed by atoms with Crippen LogP contribution in [0.15, 0.2) is 18.2 Å². The average molecular weight is 274 g/mol. The SMILES string of the molecule is OCC(NCC1CCCO1)c1ccc(Cl)cc1F. The molecule has 0 aromatic heterocycles. The van der Waals surface area contributed by atoms with Crippen LogP contribution in [0.4, 0.5) is 4.39 Å². The topological polar surface area (TPSA) is 41.5 Å². The first-order valence-electron chi connectivity index (χ1n) is 6.11. The fourth-order valence-corrected chi connectivity index (χ4v) is 2.29. The van der Waals surface area contributed by atoms with Crippen LogP contribution in [0.25, 0.3) is 0 Å². The molecular weight excluding hydrogens is 257 g/mol. The summed E-state index contributed by atoms with van der Waals surface area (Å²) in [5.74, 6) is -0.401. The van der Waals surface area contributed by atoms with E-state index in [1.807, 2.05) is 0 Å². The van der Waals surface area contributed by atoms with Crippen molar-refractivity contribution in [3.8, 4) is 0 Å². The molecule has 0 saturated carbocycles. The molecule has 100 valence electrons. The third kappa shape index (κ3) is 3.42. The zero-order valence-electron chi connectivity index (χ0n) is 10.0. The predicted molar refractivity (Wildman–Crippen MR) is 68.2 cm³/mol. The summed E-state index contributed by atoms with van der Waals surface area (Å²) < 4.78 is 19.2. The van der Waals surface area contributed by atoms with Crippen LogP contribution in [0.3, 0.4) is 0 Å². The quantitative estimate of drug-likeness (QED) is 0.865. The first-order valence-corrected chi connectivity index (χ1v) is 6.49. The van der Waals surface area contributed by atoms with Gasteiger partial charge in [-0.3, -0.25) is 0 Å². The van der Waals surface area contributed by atoms with E-state index in [0.29, 0.717) is 17.1 Å². The van der Waals surface area contributed by atoms with Crippen LogP contribution in [0.2, 0.25) is 5.02 Å². The van der Waals surface area contributed by atoms with Crippen LogP contribution < -0.4 is 5.32 Å². The monoisotopic (exact) mass is 273 g/mol. The summed E-state index contributed by atoms with van der Waals surface area (Å²) in [5.41, 5.74) is 0.430. The van der Waals surface area contributed by atoms with E-state index in [1.54, 1.807) is 12.1 Å². The van der Waals surface area contributed by atoms with Crippen LogP contribution in [0.5, 0.6) is 0 Å². The average Bonchev–Trinajstić information content (AvgIpc) is 2.85. The second kappa shape index (κ2) is 6.48. The Morgan fingerprint density at radius 3 is 3.00 bits per heavy atom. The van der Waals surface area contributed by atoms with Gasteiger partial charge in [-0.1, -0.05) is 17.7 Å². The Morgan fingerprint density at radius 2 is 2.39 bits per heavy atom. The molecule has 1 aromatic carbocycles. The van der Waals surface area contributed by atoms with Gasteiger partial charge in [0.25, 0.3) is 0 Å². The van der Waals surface area contributed by atoms with Crippen molar-refractivity contribution in [3.63, 3.8) is 0 Å². The molecule has 3 nitrogen and oxygen atoms in total. The molecule has 5 heteroatoms. The molecule has 2 atom stereocenters. The third-order valence-corrected chi connectivity index (χ3v) is 3.37. The molecule has 0 amide bonds. The Balaban J connectivity index is 1.98. The van der Waals surface area contributed by atoms with Gasteiger partial charge in [-0.2, -0.15) is 0 Å². The highest BCUT2D eigenvalue weighted by Gasteiger charge is 2.19. The Morgan fingerprint density at radius 1 is 1.56 bits per heavy atom. The van der Waals surface area contributed by atoms with Gasteiger partial charge < -0.3 is 15.2 Å². The lowest BCUT2D eigenvalue weighted by Gasteiger charge is -2.19. The Bertz CT molecular complexity index is 397. The van der Waals surface area contributed by atoms with E-state index in [9.17, 15) is 9.50 Å². The van der Waals surface area contributed by atoms with E-state index >= 15 is 0 Å². The lowest BCUT2D eigenvalue weighted by Crippen LogP contribution is -2.32. The lowest BCUT2D eigenvalue weighted by atomic mass is 10.1. The van der Waals surface area contributed by atoms with Gasteiger partial charge in [0, 0.05) is 23.7 Å². The summed E-state index contributed by atoms with van der Waals surface area (Å²) in [4.78, 5) is 0. The van der Waals surface area contributed by atoms with Gasteiger partial charge >= 0.3 is 0 Å². The lowest BCUT2D eigenvalue weighted by molar-refractivity contribution is 0.103. The number of ether oxygens (including phenoxy) is 1. The standard InChI is InChI=1S/C13H17ClFNO2/c14-9-3-4-11(12(15)6-9)13(8-17)16-7-10-2-1-5-18-10/h3-4,6,10,13,16-17H,1-2,5,7-8H2. The van der Waals surface area contributed by atoms with E-state index in [2.05, 4.69) is 5.32 Å². The maximum atomic E-state index is 13.7. The van der Waals surface area contributed by atoms with E-state index < -0.39 is 11.9 Å². The summed E-state index contributed by atoms with van der Waals surface area (Å²) in [5, 5.41) is 12.8. The second-order valence-electron chi connectivity index (χ2n) is 4.44. The largest absolute Gasteiger partial charge is 0.394 e. The second-order valence-corrected chi connectivity index (χ2v) is 4.88. The van der Waals surface area contributed by atoms with Gasteiger partial charge in [-0.15, -0.1) is 0 Å². The molecule has 18 heavy (non-hydrogen) atoms. The van der Waals surface area contributed by atoms with Gasteiger partial charge in [0.1, 0.15) is 5.82 Å². The minimum absolute atomic E-state index is 0.161. The molecule has 1 aromatic rings. The normalized spacial score (nSPS) is 21.2. The fourth-order valence-electron chi connectivity index (χ4n) is 2.14. The van der Waals surface area contributed by atoms with Crippen molar-refractivity contribution >= 4 is 11.6 Å². The van der Waals surface area contributed by atoms with Crippen LogP contribution in [0.1, 0.15) is 24.4 Å². The highest BCUT2D eigenvalue weighted by molar-refractivity contribution is 6.30. The number of halogens is 2. The number of hydrogen-bond donors (Lipinski definition) is 2. The number of rotatable bonds is 5.